The normalized spacial score (nSPS) is 11.9. The number of fused-ring (bicyclic) bond motifs is 1. The molecule has 7 heteroatoms. The molecule has 0 bridgehead atoms. The molecule has 0 unspecified atom stereocenters. The lowest BCUT2D eigenvalue weighted by Crippen LogP contribution is -2.29. The highest BCUT2D eigenvalue weighted by Gasteiger charge is 2.19. The molecule has 4 rings (SSSR count). The first-order chi connectivity index (χ1) is 16.1. The van der Waals surface area contributed by atoms with Crippen LogP contribution >= 0.6 is 0 Å². The van der Waals surface area contributed by atoms with Crippen molar-refractivity contribution in [1.82, 2.24) is 20.3 Å². The van der Waals surface area contributed by atoms with E-state index in [1.54, 1.807) is 30.7 Å². The zero-order chi connectivity index (χ0) is 23.0. The smallest absolute Gasteiger partial charge is 0.253 e. The quantitative estimate of drug-likeness (QED) is 0.314. The van der Waals surface area contributed by atoms with Gasteiger partial charge < -0.3 is 16.0 Å². The van der Waals surface area contributed by atoms with Crippen molar-refractivity contribution in [2.24, 2.45) is 5.73 Å². The van der Waals surface area contributed by atoms with Gasteiger partial charge in [-0.05, 0) is 41.8 Å². The number of imidazole rings is 1. The fourth-order valence-corrected chi connectivity index (χ4v) is 3.86. The number of nitrogens with two attached hydrogens (primary N) is 1. The number of pyridine rings is 1. The number of aromatic nitrogens is 3. The summed E-state index contributed by atoms with van der Waals surface area (Å²) in [6, 6.07) is 17.7. The zero-order valence-electron chi connectivity index (χ0n) is 18.3. The Labute approximate surface area is 192 Å². The minimum atomic E-state index is -0.291. The summed E-state index contributed by atoms with van der Waals surface area (Å²) >= 11 is 0. The summed E-state index contributed by atoms with van der Waals surface area (Å²) in [6.45, 7) is 0. The van der Waals surface area contributed by atoms with Gasteiger partial charge in [0.2, 0.25) is 5.91 Å². The number of aromatic amines is 1. The topological polar surface area (TPSA) is 114 Å². The first-order valence-corrected chi connectivity index (χ1v) is 11.1. The molecule has 2 amide bonds. The van der Waals surface area contributed by atoms with E-state index in [2.05, 4.69) is 50.6 Å². The number of nitrogens with one attached hydrogen (secondary N) is 2. The van der Waals surface area contributed by atoms with Crippen molar-refractivity contribution in [2.45, 2.75) is 38.1 Å². The second-order valence-electron chi connectivity index (χ2n) is 8.08. The van der Waals surface area contributed by atoms with Crippen LogP contribution in [0.2, 0.25) is 0 Å². The van der Waals surface area contributed by atoms with Crippen LogP contribution in [0.25, 0.3) is 22.0 Å². The maximum atomic E-state index is 12.8. The van der Waals surface area contributed by atoms with Gasteiger partial charge in [-0.25, -0.2) is 4.98 Å². The highest BCUT2D eigenvalue weighted by Crippen LogP contribution is 2.26. The molecule has 0 saturated heterocycles. The molecule has 4 N–H and O–H groups in total. The SMILES string of the molecule is NC(=O)CCCCC[C@H](NC(=O)c1cccnc1)c1ncc(-c2ccc3ccccc3c2)[nH]1. The molecule has 0 spiro atoms. The number of rotatable bonds is 10. The van der Waals surface area contributed by atoms with Crippen LogP contribution in [0.5, 0.6) is 0 Å². The van der Waals surface area contributed by atoms with Crippen LogP contribution in [0.1, 0.15) is 54.3 Å². The van der Waals surface area contributed by atoms with Gasteiger partial charge in [0.1, 0.15) is 5.82 Å². The Morgan fingerprint density at radius 3 is 2.61 bits per heavy atom. The molecule has 0 fully saturated rings. The second-order valence-corrected chi connectivity index (χ2v) is 8.08. The fraction of sp³-hybridized carbons (Fsp3) is 0.231. The van der Waals surface area contributed by atoms with Crippen molar-refractivity contribution < 1.29 is 9.59 Å². The fourth-order valence-electron chi connectivity index (χ4n) is 3.86. The van der Waals surface area contributed by atoms with Gasteiger partial charge in [0.15, 0.2) is 0 Å². The van der Waals surface area contributed by atoms with E-state index in [4.69, 9.17) is 5.73 Å². The van der Waals surface area contributed by atoms with E-state index >= 15 is 0 Å². The van der Waals surface area contributed by atoms with Crippen molar-refractivity contribution in [3.8, 4) is 11.3 Å². The number of primary amides is 1. The Bertz CT molecular complexity index is 1240. The minimum absolute atomic E-state index is 0.200. The van der Waals surface area contributed by atoms with Crippen LogP contribution in [-0.4, -0.2) is 26.8 Å². The van der Waals surface area contributed by atoms with Crippen LogP contribution in [-0.2, 0) is 4.79 Å². The van der Waals surface area contributed by atoms with Crippen molar-refractivity contribution in [1.29, 1.82) is 0 Å². The first kappa shape index (κ1) is 22.2. The summed E-state index contributed by atoms with van der Waals surface area (Å²) in [6.07, 6.45) is 8.46. The van der Waals surface area contributed by atoms with Crippen molar-refractivity contribution >= 4 is 22.6 Å². The molecule has 2 heterocycles. The van der Waals surface area contributed by atoms with Gasteiger partial charge in [-0.15, -0.1) is 0 Å². The Morgan fingerprint density at radius 1 is 0.970 bits per heavy atom. The minimum Gasteiger partial charge on any atom is -0.370 e. The Hall–Kier alpha value is -4.00. The van der Waals surface area contributed by atoms with Crippen LogP contribution in [0.3, 0.4) is 0 Å². The molecule has 2 aromatic carbocycles. The highest BCUT2D eigenvalue weighted by atomic mass is 16.2. The van der Waals surface area contributed by atoms with Crippen LogP contribution < -0.4 is 11.1 Å². The third kappa shape index (κ3) is 5.83. The maximum Gasteiger partial charge on any atom is 0.253 e. The number of benzene rings is 2. The number of H-pyrrole nitrogens is 1. The molecule has 7 nitrogen and oxygen atoms in total. The average Bonchev–Trinajstić information content (AvgIpc) is 3.33. The van der Waals surface area contributed by atoms with E-state index in [1.807, 2.05) is 12.1 Å². The Kier molecular flexibility index (Phi) is 7.09. The zero-order valence-corrected chi connectivity index (χ0v) is 18.3. The molecule has 33 heavy (non-hydrogen) atoms. The number of nitrogens with zero attached hydrogens (tertiary/aromatic N) is 2. The van der Waals surface area contributed by atoms with E-state index in [0.717, 1.165) is 35.9 Å². The molecular weight excluding hydrogens is 414 g/mol. The molecular formula is C26H27N5O2. The van der Waals surface area contributed by atoms with Crippen molar-refractivity contribution in [3.63, 3.8) is 0 Å². The molecule has 168 valence electrons. The molecule has 0 aliphatic heterocycles. The number of amides is 2. The van der Waals surface area contributed by atoms with E-state index in [-0.39, 0.29) is 17.9 Å². The average molecular weight is 442 g/mol. The summed E-state index contributed by atoms with van der Waals surface area (Å²) in [4.78, 5) is 35.8. The predicted molar refractivity (Wildman–Crippen MR) is 128 cm³/mol. The van der Waals surface area contributed by atoms with Crippen molar-refractivity contribution in [3.05, 3.63) is 84.6 Å². The van der Waals surface area contributed by atoms with Crippen LogP contribution in [0, 0.1) is 0 Å². The lowest BCUT2D eigenvalue weighted by Gasteiger charge is -2.17. The van der Waals surface area contributed by atoms with E-state index in [0.29, 0.717) is 24.2 Å². The molecule has 0 aliphatic carbocycles. The van der Waals surface area contributed by atoms with Gasteiger partial charge in [-0.3, -0.25) is 14.6 Å². The number of hydrogen-bond donors (Lipinski definition) is 3. The van der Waals surface area contributed by atoms with E-state index in [1.165, 1.54) is 5.39 Å². The van der Waals surface area contributed by atoms with E-state index < -0.39 is 0 Å². The molecule has 2 aromatic heterocycles. The maximum absolute atomic E-state index is 12.8. The van der Waals surface area contributed by atoms with Crippen LogP contribution in [0.4, 0.5) is 0 Å². The summed E-state index contributed by atoms with van der Waals surface area (Å²) in [7, 11) is 0. The molecule has 4 aromatic rings. The Balaban J connectivity index is 1.51. The number of carbonyl (C=O) groups excluding carboxylic acids is 2. The van der Waals surface area contributed by atoms with E-state index in [9.17, 15) is 9.59 Å². The van der Waals surface area contributed by atoms with Crippen molar-refractivity contribution in [2.75, 3.05) is 0 Å². The summed E-state index contributed by atoms with van der Waals surface area (Å²) in [5, 5.41) is 5.41. The second kappa shape index (κ2) is 10.5. The largest absolute Gasteiger partial charge is 0.370 e. The summed E-state index contributed by atoms with van der Waals surface area (Å²) in [5.74, 6) is 0.210. The summed E-state index contributed by atoms with van der Waals surface area (Å²) in [5.41, 5.74) is 7.66. The van der Waals surface area contributed by atoms with Gasteiger partial charge in [-0.2, -0.15) is 0 Å². The van der Waals surface area contributed by atoms with Gasteiger partial charge >= 0.3 is 0 Å². The third-order valence-corrected chi connectivity index (χ3v) is 5.63. The monoisotopic (exact) mass is 441 g/mol. The highest BCUT2D eigenvalue weighted by molar-refractivity contribution is 5.94. The lowest BCUT2D eigenvalue weighted by atomic mass is 10.1. The number of carbonyl (C=O) groups is 2. The Morgan fingerprint density at radius 2 is 1.82 bits per heavy atom. The first-order valence-electron chi connectivity index (χ1n) is 11.1. The predicted octanol–water partition coefficient (Wildman–Crippen LogP) is 4.53. The standard InChI is InChI=1S/C26H27N5O2/c27-24(32)11-3-1-2-10-22(31-26(33)21-9-6-14-28-16-21)25-29-17-23(30-25)20-13-12-18-7-4-5-8-19(18)15-20/h4-9,12-17,22H,1-3,10-11H2,(H2,27,32)(H,29,30)(H,31,33)/t22-/m0/s1. The number of unbranched alkanes of at least 4 members (excludes halogenated alkanes) is 2. The van der Waals surface area contributed by atoms with Gasteiger partial charge in [-0.1, -0.05) is 49.2 Å². The van der Waals surface area contributed by atoms with Crippen LogP contribution in [0.15, 0.2) is 73.2 Å². The van der Waals surface area contributed by atoms with Gasteiger partial charge in [0.25, 0.3) is 5.91 Å². The third-order valence-electron chi connectivity index (χ3n) is 5.63. The molecule has 0 saturated carbocycles. The molecule has 1 atom stereocenters. The summed E-state index contributed by atoms with van der Waals surface area (Å²) < 4.78 is 0. The lowest BCUT2D eigenvalue weighted by molar-refractivity contribution is -0.118. The number of hydrogen-bond acceptors (Lipinski definition) is 4. The van der Waals surface area contributed by atoms with Gasteiger partial charge in [0, 0.05) is 24.4 Å². The van der Waals surface area contributed by atoms with Gasteiger partial charge in [0.05, 0.1) is 23.5 Å². The molecule has 0 radical (unpaired) electrons. The molecule has 0 aliphatic rings.